The van der Waals surface area contributed by atoms with Crippen molar-refractivity contribution in [3.8, 4) is 5.75 Å². The van der Waals surface area contributed by atoms with Crippen molar-refractivity contribution in [1.29, 1.82) is 0 Å². The van der Waals surface area contributed by atoms with E-state index in [0.717, 1.165) is 18.6 Å². The Kier molecular flexibility index (Phi) is 4.28. The molecule has 2 N–H and O–H groups in total. The van der Waals surface area contributed by atoms with Gasteiger partial charge in [-0.15, -0.1) is 0 Å². The maximum Gasteiger partial charge on any atom is 0.120 e. The number of rotatable bonds is 4. The molecule has 2 rings (SSSR count). The number of likely N-dealkylation sites (N-methyl/N-ethyl adjacent to an activating group) is 1. The molecule has 3 heteroatoms. The van der Waals surface area contributed by atoms with Crippen molar-refractivity contribution in [3.05, 3.63) is 24.3 Å². The first-order valence-electron chi connectivity index (χ1n) is 7.50. The van der Waals surface area contributed by atoms with Gasteiger partial charge in [-0.2, -0.15) is 0 Å². The highest BCUT2D eigenvalue weighted by Gasteiger charge is 2.40. The maximum absolute atomic E-state index is 6.16. The van der Waals surface area contributed by atoms with E-state index in [-0.39, 0.29) is 5.54 Å². The molecule has 0 bridgehead atoms. The van der Waals surface area contributed by atoms with Crippen molar-refractivity contribution < 1.29 is 4.74 Å². The van der Waals surface area contributed by atoms with Crippen LogP contribution in [0.25, 0.3) is 0 Å². The average molecular weight is 276 g/mol. The molecule has 0 heterocycles. The smallest absolute Gasteiger partial charge is 0.120 e. The number of benzene rings is 1. The van der Waals surface area contributed by atoms with Gasteiger partial charge in [0.15, 0.2) is 0 Å². The minimum absolute atomic E-state index is 0.0852. The van der Waals surface area contributed by atoms with E-state index >= 15 is 0 Å². The van der Waals surface area contributed by atoms with E-state index < -0.39 is 0 Å². The lowest BCUT2D eigenvalue weighted by atomic mass is 9.68. The number of anilines is 1. The summed E-state index contributed by atoms with van der Waals surface area (Å²) in [6, 6.07) is 8.26. The van der Waals surface area contributed by atoms with Crippen molar-refractivity contribution in [2.75, 3.05) is 25.6 Å². The molecule has 112 valence electrons. The van der Waals surface area contributed by atoms with Crippen molar-refractivity contribution in [2.24, 2.45) is 11.1 Å². The monoisotopic (exact) mass is 276 g/mol. The highest BCUT2D eigenvalue weighted by molar-refractivity contribution is 5.52. The van der Waals surface area contributed by atoms with E-state index in [2.05, 4.69) is 37.9 Å². The molecule has 0 saturated heterocycles. The van der Waals surface area contributed by atoms with Crippen molar-refractivity contribution in [2.45, 2.75) is 45.1 Å². The number of nitrogens with two attached hydrogens (primary N) is 1. The number of nitrogens with zero attached hydrogens (tertiary/aromatic N) is 1. The molecule has 0 atom stereocenters. The fourth-order valence-electron chi connectivity index (χ4n) is 3.16. The lowest BCUT2D eigenvalue weighted by Crippen LogP contribution is -2.55. The molecule has 1 aliphatic rings. The second kappa shape index (κ2) is 5.65. The third-order valence-electron chi connectivity index (χ3n) is 5.07. The molecule has 1 saturated carbocycles. The van der Waals surface area contributed by atoms with Crippen LogP contribution >= 0.6 is 0 Å². The zero-order chi connectivity index (χ0) is 14.8. The highest BCUT2D eigenvalue weighted by Crippen LogP contribution is 2.43. The Labute approximate surface area is 123 Å². The highest BCUT2D eigenvalue weighted by atomic mass is 16.5. The second-order valence-electron chi connectivity index (χ2n) is 6.85. The number of hydrogen-bond acceptors (Lipinski definition) is 3. The van der Waals surface area contributed by atoms with E-state index in [0.29, 0.717) is 12.0 Å². The molecule has 1 aromatic carbocycles. The van der Waals surface area contributed by atoms with Gasteiger partial charge in [-0.3, -0.25) is 0 Å². The topological polar surface area (TPSA) is 38.5 Å². The molecular weight excluding hydrogens is 248 g/mol. The molecule has 0 amide bonds. The van der Waals surface area contributed by atoms with Crippen LogP contribution in [-0.4, -0.2) is 26.2 Å². The van der Waals surface area contributed by atoms with Gasteiger partial charge in [0, 0.05) is 25.3 Å². The van der Waals surface area contributed by atoms with Crippen LogP contribution in [0.1, 0.15) is 39.5 Å². The van der Waals surface area contributed by atoms with Crippen LogP contribution in [0, 0.1) is 5.41 Å². The van der Waals surface area contributed by atoms with Crippen LogP contribution in [0.15, 0.2) is 24.3 Å². The van der Waals surface area contributed by atoms with E-state index in [9.17, 15) is 0 Å². The largest absolute Gasteiger partial charge is 0.497 e. The molecule has 0 radical (unpaired) electrons. The Hall–Kier alpha value is -1.22. The number of methoxy groups -OCH3 is 1. The summed E-state index contributed by atoms with van der Waals surface area (Å²) in [4.78, 5) is 2.37. The van der Waals surface area contributed by atoms with Crippen LogP contribution < -0.4 is 15.4 Å². The van der Waals surface area contributed by atoms with Crippen molar-refractivity contribution >= 4 is 5.69 Å². The summed E-state index contributed by atoms with van der Waals surface area (Å²) in [5.41, 5.74) is 7.89. The first kappa shape index (κ1) is 15.2. The Morgan fingerprint density at radius 3 is 2.40 bits per heavy atom. The predicted molar refractivity (Wildman–Crippen MR) is 85.4 cm³/mol. The number of hydrogen-bond donors (Lipinski definition) is 1. The second-order valence-corrected chi connectivity index (χ2v) is 6.85. The summed E-state index contributed by atoms with van der Waals surface area (Å²) in [5, 5.41) is 0. The summed E-state index contributed by atoms with van der Waals surface area (Å²) in [5.74, 6) is 0.901. The summed E-state index contributed by atoms with van der Waals surface area (Å²) in [6.45, 7) is 5.43. The zero-order valence-corrected chi connectivity index (χ0v) is 13.3. The van der Waals surface area contributed by atoms with Crippen molar-refractivity contribution in [1.82, 2.24) is 0 Å². The Morgan fingerprint density at radius 1 is 1.20 bits per heavy atom. The van der Waals surface area contributed by atoms with Crippen LogP contribution in [0.4, 0.5) is 5.69 Å². The molecule has 1 fully saturated rings. The molecule has 3 nitrogen and oxygen atoms in total. The number of ether oxygens (including phenoxy) is 1. The van der Waals surface area contributed by atoms with E-state index in [1.807, 2.05) is 12.1 Å². The van der Waals surface area contributed by atoms with Gasteiger partial charge in [-0.05, 0) is 43.2 Å². The normalized spacial score (nSPS) is 20.4. The van der Waals surface area contributed by atoms with E-state index in [4.69, 9.17) is 10.5 Å². The molecule has 0 aromatic heterocycles. The average Bonchev–Trinajstić information content (AvgIpc) is 2.47. The summed E-state index contributed by atoms with van der Waals surface area (Å²) >= 11 is 0. The lowest BCUT2D eigenvalue weighted by Gasteiger charge is -2.49. The third kappa shape index (κ3) is 2.93. The van der Waals surface area contributed by atoms with Gasteiger partial charge in [0.05, 0.1) is 12.6 Å². The molecular formula is C17H28N2O. The predicted octanol–water partition coefficient (Wildman–Crippen LogP) is 3.43. The van der Waals surface area contributed by atoms with Crippen LogP contribution in [0.3, 0.4) is 0 Å². The Balaban J connectivity index is 2.22. The first-order valence-corrected chi connectivity index (χ1v) is 7.50. The molecule has 0 spiro atoms. The molecule has 1 aromatic rings. The standard InChI is InChI=1S/C17H28N2O/c1-16(2)8-10-17(13-18,11-9-16)19(3)14-6-5-7-15(12-14)20-4/h5-7,12H,8-11,13,18H2,1-4H3. The SMILES string of the molecule is COc1cccc(N(C)C2(CN)CCC(C)(C)CC2)c1. The summed E-state index contributed by atoms with van der Waals surface area (Å²) < 4.78 is 5.33. The maximum atomic E-state index is 6.16. The summed E-state index contributed by atoms with van der Waals surface area (Å²) in [6.07, 6.45) is 4.78. The first-order chi connectivity index (χ1) is 9.42. The van der Waals surface area contributed by atoms with Gasteiger partial charge in [0.2, 0.25) is 0 Å². The fourth-order valence-corrected chi connectivity index (χ4v) is 3.16. The van der Waals surface area contributed by atoms with Crippen LogP contribution in [0.2, 0.25) is 0 Å². The molecule has 1 aliphatic carbocycles. The fraction of sp³-hybridized carbons (Fsp3) is 0.647. The zero-order valence-electron chi connectivity index (χ0n) is 13.3. The van der Waals surface area contributed by atoms with E-state index in [1.165, 1.54) is 18.5 Å². The molecule has 0 unspecified atom stereocenters. The summed E-state index contributed by atoms with van der Waals surface area (Å²) in [7, 11) is 3.88. The van der Waals surface area contributed by atoms with Gasteiger partial charge >= 0.3 is 0 Å². The van der Waals surface area contributed by atoms with Gasteiger partial charge in [0.1, 0.15) is 5.75 Å². The van der Waals surface area contributed by atoms with Crippen LogP contribution in [0.5, 0.6) is 5.75 Å². The lowest BCUT2D eigenvalue weighted by molar-refractivity contribution is 0.165. The Morgan fingerprint density at radius 2 is 1.85 bits per heavy atom. The van der Waals surface area contributed by atoms with Gasteiger partial charge < -0.3 is 15.4 Å². The minimum atomic E-state index is 0.0852. The van der Waals surface area contributed by atoms with Crippen LogP contribution in [-0.2, 0) is 0 Å². The Bertz CT molecular complexity index is 446. The van der Waals surface area contributed by atoms with Gasteiger partial charge in [-0.25, -0.2) is 0 Å². The molecule has 20 heavy (non-hydrogen) atoms. The molecule has 0 aliphatic heterocycles. The quantitative estimate of drug-likeness (QED) is 0.915. The van der Waals surface area contributed by atoms with Gasteiger partial charge in [-0.1, -0.05) is 19.9 Å². The van der Waals surface area contributed by atoms with Crippen molar-refractivity contribution in [3.63, 3.8) is 0 Å². The third-order valence-corrected chi connectivity index (χ3v) is 5.07. The van der Waals surface area contributed by atoms with Gasteiger partial charge in [0.25, 0.3) is 0 Å². The minimum Gasteiger partial charge on any atom is -0.497 e. The van der Waals surface area contributed by atoms with E-state index in [1.54, 1.807) is 7.11 Å².